The number of fused-ring (bicyclic) bond motifs is 1. The van der Waals surface area contributed by atoms with Gasteiger partial charge in [-0.1, -0.05) is 23.7 Å². The number of carbonyl (C=O) groups is 1. The number of amides is 1. The molecule has 0 bridgehead atoms. The van der Waals surface area contributed by atoms with Crippen LogP contribution < -0.4 is 15.5 Å². The molecular weight excluding hydrogens is 400 g/mol. The number of carbonyl (C=O) groups excluding carboxylic acids is 1. The molecular formula is C22H25ClN6O. The summed E-state index contributed by atoms with van der Waals surface area (Å²) in [5, 5.41) is 8.01. The van der Waals surface area contributed by atoms with Gasteiger partial charge in [-0.05, 0) is 49.9 Å². The van der Waals surface area contributed by atoms with Gasteiger partial charge in [0.25, 0.3) is 5.91 Å². The van der Waals surface area contributed by atoms with Gasteiger partial charge in [0.2, 0.25) is 5.95 Å². The highest BCUT2D eigenvalue weighted by atomic mass is 35.5. The minimum Gasteiger partial charge on any atom is -0.362 e. The van der Waals surface area contributed by atoms with Crippen LogP contribution in [0.4, 0.5) is 11.8 Å². The third kappa shape index (κ3) is 4.62. The van der Waals surface area contributed by atoms with Crippen molar-refractivity contribution in [1.82, 2.24) is 20.3 Å². The summed E-state index contributed by atoms with van der Waals surface area (Å²) in [7, 11) is 3.98. The molecule has 1 aliphatic rings. The van der Waals surface area contributed by atoms with Crippen LogP contribution in [0.5, 0.6) is 0 Å². The molecule has 2 aromatic heterocycles. The third-order valence-electron chi connectivity index (χ3n) is 5.39. The van der Waals surface area contributed by atoms with Crippen molar-refractivity contribution >= 4 is 40.2 Å². The zero-order valence-corrected chi connectivity index (χ0v) is 17.9. The van der Waals surface area contributed by atoms with Crippen LogP contribution in [0.25, 0.3) is 10.9 Å². The standard InChI is InChI=1S/C22H25ClN6O/c1-29(2)20-17-5-3-4-6-18(17)27-22(28-20)26-16-10-8-15(9-11-16)25-21(30)14-7-12-19(23)24-13-14/h3-7,12-13,15-16H,8-11H2,1-2H3,(H,25,30)(H,26,27,28). The smallest absolute Gasteiger partial charge is 0.253 e. The molecule has 1 saturated carbocycles. The molecule has 8 heteroatoms. The molecule has 156 valence electrons. The third-order valence-corrected chi connectivity index (χ3v) is 5.62. The fraction of sp³-hybridized carbons (Fsp3) is 0.364. The van der Waals surface area contributed by atoms with Gasteiger partial charge in [-0.15, -0.1) is 0 Å². The number of rotatable bonds is 5. The predicted molar refractivity (Wildman–Crippen MR) is 120 cm³/mol. The van der Waals surface area contributed by atoms with E-state index in [1.54, 1.807) is 12.1 Å². The van der Waals surface area contributed by atoms with E-state index in [-0.39, 0.29) is 18.0 Å². The van der Waals surface area contributed by atoms with Gasteiger partial charge in [-0.25, -0.2) is 9.97 Å². The normalized spacial score (nSPS) is 18.8. The topological polar surface area (TPSA) is 83.0 Å². The number of halogens is 1. The summed E-state index contributed by atoms with van der Waals surface area (Å²) in [6.07, 6.45) is 5.19. The maximum Gasteiger partial charge on any atom is 0.253 e. The highest BCUT2D eigenvalue weighted by Gasteiger charge is 2.24. The zero-order valence-electron chi connectivity index (χ0n) is 17.1. The Hall–Kier alpha value is -2.93. The summed E-state index contributed by atoms with van der Waals surface area (Å²) in [5.74, 6) is 1.45. The van der Waals surface area contributed by atoms with Crippen LogP contribution >= 0.6 is 11.6 Å². The van der Waals surface area contributed by atoms with Gasteiger partial charge in [-0.3, -0.25) is 4.79 Å². The second-order valence-corrected chi connectivity index (χ2v) is 8.21. The average Bonchev–Trinajstić information content (AvgIpc) is 2.75. The van der Waals surface area contributed by atoms with Crippen molar-refractivity contribution in [2.45, 2.75) is 37.8 Å². The molecule has 30 heavy (non-hydrogen) atoms. The fourth-order valence-electron chi connectivity index (χ4n) is 3.81. The molecule has 4 rings (SSSR count). The molecule has 1 fully saturated rings. The number of hydrogen-bond donors (Lipinski definition) is 2. The van der Waals surface area contributed by atoms with E-state index < -0.39 is 0 Å². The Morgan fingerprint density at radius 1 is 1.03 bits per heavy atom. The Morgan fingerprint density at radius 3 is 2.47 bits per heavy atom. The van der Waals surface area contributed by atoms with Crippen LogP contribution in [0.1, 0.15) is 36.0 Å². The molecule has 0 atom stereocenters. The second-order valence-electron chi connectivity index (χ2n) is 7.82. The van der Waals surface area contributed by atoms with Gasteiger partial charge in [0, 0.05) is 37.8 Å². The highest BCUT2D eigenvalue weighted by molar-refractivity contribution is 6.29. The van der Waals surface area contributed by atoms with Crippen molar-refractivity contribution in [3.8, 4) is 0 Å². The lowest BCUT2D eigenvalue weighted by atomic mass is 9.91. The summed E-state index contributed by atoms with van der Waals surface area (Å²) >= 11 is 5.79. The van der Waals surface area contributed by atoms with E-state index in [0.717, 1.165) is 42.4 Å². The summed E-state index contributed by atoms with van der Waals surface area (Å²) in [6, 6.07) is 11.8. The fourth-order valence-corrected chi connectivity index (χ4v) is 3.92. The first-order valence-electron chi connectivity index (χ1n) is 10.1. The van der Waals surface area contributed by atoms with Crippen LogP contribution in [0.15, 0.2) is 42.6 Å². The minimum atomic E-state index is -0.107. The van der Waals surface area contributed by atoms with Crippen molar-refractivity contribution in [2.75, 3.05) is 24.3 Å². The molecule has 7 nitrogen and oxygen atoms in total. The van der Waals surface area contributed by atoms with E-state index in [4.69, 9.17) is 21.6 Å². The Labute approximate surface area is 180 Å². The van der Waals surface area contributed by atoms with Gasteiger partial charge >= 0.3 is 0 Å². The van der Waals surface area contributed by atoms with Crippen molar-refractivity contribution in [1.29, 1.82) is 0 Å². The zero-order chi connectivity index (χ0) is 21.1. The number of pyridine rings is 1. The lowest BCUT2D eigenvalue weighted by Crippen LogP contribution is -2.40. The van der Waals surface area contributed by atoms with Crippen molar-refractivity contribution in [3.63, 3.8) is 0 Å². The SMILES string of the molecule is CN(C)c1nc(NC2CCC(NC(=O)c3ccc(Cl)nc3)CC2)nc2ccccc12. The quantitative estimate of drug-likeness (QED) is 0.604. The van der Waals surface area contributed by atoms with Crippen LogP contribution in [-0.4, -0.2) is 47.0 Å². The van der Waals surface area contributed by atoms with E-state index >= 15 is 0 Å². The number of nitrogens with one attached hydrogen (secondary N) is 2. The molecule has 3 aromatic rings. The van der Waals surface area contributed by atoms with Gasteiger partial charge in [-0.2, -0.15) is 4.98 Å². The Kier molecular flexibility index (Phi) is 5.99. The van der Waals surface area contributed by atoms with Gasteiger partial charge in [0.15, 0.2) is 0 Å². The first-order chi connectivity index (χ1) is 14.5. The number of para-hydroxylation sites is 1. The first-order valence-corrected chi connectivity index (χ1v) is 10.5. The number of anilines is 2. The van der Waals surface area contributed by atoms with E-state index in [9.17, 15) is 4.79 Å². The molecule has 0 aliphatic heterocycles. The number of hydrogen-bond acceptors (Lipinski definition) is 6. The Balaban J connectivity index is 1.37. The van der Waals surface area contributed by atoms with Crippen molar-refractivity contribution in [2.24, 2.45) is 0 Å². The summed E-state index contributed by atoms with van der Waals surface area (Å²) in [4.78, 5) is 27.8. The molecule has 1 aliphatic carbocycles. The van der Waals surface area contributed by atoms with Gasteiger partial charge in [0.05, 0.1) is 11.1 Å². The average molecular weight is 425 g/mol. The van der Waals surface area contributed by atoms with Crippen molar-refractivity contribution in [3.05, 3.63) is 53.3 Å². The molecule has 2 N–H and O–H groups in total. The largest absolute Gasteiger partial charge is 0.362 e. The van der Waals surface area contributed by atoms with Crippen LogP contribution in [-0.2, 0) is 0 Å². The summed E-state index contributed by atoms with van der Waals surface area (Å²) in [6.45, 7) is 0. The second kappa shape index (κ2) is 8.83. The molecule has 0 radical (unpaired) electrons. The Bertz CT molecular complexity index is 1030. The van der Waals surface area contributed by atoms with Crippen LogP contribution in [0, 0.1) is 0 Å². The molecule has 1 aromatic carbocycles. The molecule has 1 amide bonds. The van der Waals surface area contributed by atoms with Gasteiger partial charge in [0.1, 0.15) is 11.0 Å². The van der Waals surface area contributed by atoms with E-state index in [0.29, 0.717) is 16.7 Å². The number of aromatic nitrogens is 3. The monoisotopic (exact) mass is 424 g/mol. The number of nitrogens with zero attached hydrogens (tertiary/aromatic N) is 4. The van der Waals surface area contributed by atoms with E-state index in [1.165, 1.54) is 6.20 Å². The maximum absolute atomic E-state index is 12.4. The van der Waals surface area contributed by atoms with Gasteiger partial charge < -0.3 is 15.5 Å². The van der Waals surface area contributed by atoms with E-state index in [1.807, 2.05) is 43.3 Å². The Morgan fingerprint density at radius 2 is 1.77 bits per heavy atom. The highest BCUT2D eigenvalue weighted by Crippen LogP contribution is 2.26. The molecule has 2 heterocycles. The van der Waals surface area contributed by atoms with Crippen LogP contribution in [0.2, 0.25) is 5.15 Å². The van der Waals surface area contributed by atoms with Crippen LogP contribution in [0.3, 0.4) is 0 Å². The minimum absolute atomic E-state index is 0.107. The van der Waals surface area contributed by atoms with E-state index in [2.05, 4.69) is 15.6 Å². The number of benzene rings is 1. The maximum atomic E-state index is 12.4. The summed E-state index contributed by atoms with van der Waals surface area (Å²) in [5.41, 5.74) is 1.46. The molecule has 0 saturated heterocycles. The lowest BCUT2D eigenvalue weighted by Gasteiger charge is -2.30. The molecule has 0 spiro atoms. The first kappa shape index (κ1) is 20.3. The summed E-state index contributed by atoms with van der Waals surface area (Å²) < 4.78 is 0. The predicted octanol–water partition coefficient (Wildman–Crippen LogP) is 3.90. The molecule has 0 unspecified atom stereocenters. The lowest BCUT2D eigenvalue weighted by molar-refractivity contribution is 0.0926. The van der Waals surface area contributed by atoms with Crippen molar-refractivity contribution < 1.29 is 4.79 Å².